The molecule has 0 spiro atoms. The number of rotatable bonds is 3. The molecule has 3 rings (SSSR count). The van der Waals surface area contributed by atoms with Crippen LogP contribution >= 0.6 is 11.6 Å². The highest BCUT2D eigenvalue weighted by Crippen LogP contribution is 2.29. The maximum absolute atomic E-state index is 6.06. The van der Waals surface area contributed by atoms with Crippen molar-refractivity contribution in [3.8, 4) is 0 Å². The molecule has 0 saturated carbocycles. The van der Waals surface area contributed by atoms with Crippen LogP contribution in [0.25, 0.3) is 10.9 Å². The van der Waals surface area contributed by atoms with Crippen LogP contribution < -0.4 is 17.0 Å². The first kappa shape index (κ1) is 13.8. The Bertz CT molecular complexity index is 788. The molecule has 0 aliphatic rings. The third-order valence-corrected chi connectivity index (χ3v) is 3.72. The molecule has 5 heteroatoms. The molecule has 5 N–H and O–H groups in total. The lowest BCUT2D eigenvalue weighted by atomic mass is 9.96. The summed E-state index contributed by atoms with van der Waals surface area (Å²) in [6.45, 7) is 0. The van der Waals surface area contributed by atoms with Crippen LogP contribution in [0.1, 0.15) is 17.2 Å². The van der Waals surface area contributed by atoms with Crippen molar-refractivity contribution in [2.75, 3.05) is 5.73 Å². The summed E-state index contributed by atoms with van der Waals surface area (Å²) in [6.07, 6.45) is 1.78. The Balaban J connectivity index is 2.09. The van der Waals surface area contributed by atoms with Crippen molar-refractivity contribution in [2.24, 2.45) is 5.84 Å². The summed E-state index contributed by atoms with van der Waals surface area (Å²) in [7, 11) is 0. The van der Waals surface area contributed by atoms with Crippen molar-refractivity contribution in [3.05, 3.63) is 70.9 Å². The van der Waals surface area contributed by atoms with Gasteiger partial charge in [-0.1, -0.05) is 29.8 Å². The molecule has 4 nitrogen and oxygen atoms in total. The summed E-state index contributed by atoms with van der Waals surface area (Å²) in [5, 5.41) is 1.66. The fourth-order valence-corrected chi connectivity index (χ4v) is 2.63. The van der Waals surface area contributed by atoms with Gasteiger partial charge in [0, 0.05) is 22.3 Å². The van der Waals surface area contributed by atoms with E-state index in [4.69, 9.17) is 23.2 Å². The van der Waals surface area contributed by atoms with Gasteiger partial charge in [0.2, 0.25) is 0 Å². The van der Waals surface area contributed by atoms with Gasteiger partial charge in [-0.25, -0.2) is 5.43 Å². The summed E-state index contributed by atoms with van der Waals surface area (Å²) in [5.41, 5.74) is 12.3. The highest BCUT2D eigenvalue weighted by Gasteiger charge is 2.15. The number of nitrogens with one attached hydrogen (secondary N) is 1. The molecular weight excluding hydrogens is 284 g/mol. The predicted octanol–water partition coefficient (Wildman–Crippen LogP) is 3.02. The van der Waals surface area contributed by atoms with E-state index < -0.39 is 0 Å². The standard InChI is InChI=1S/C16H15ClN4/c17-12-4-5-13(14(18)9-12)16(21-19)11-3-6-15-10(8-11)2-1-7-20-15/h1-9,16,21H,18-19H2. The molecule has 1 heterocycles. The number of nitrogens with two attached hydrogens (primary N) is 2. The van der Waals surface area contributed by atoms with Gasteiger partial charge in [-0.15, -0.1) is 0 Å². The molecule has 0 radical (unpaired) electrons. The smallest absolute Gasteiger partial charge is 0.0730 e. The second-order valence-electron chi connectivity index (χ2n) is 4.83. The quantitative estimate of drug-likeness (QED) is 0.395. The second kappa shape index (κ2) is 5.69. The second-order valence-corrected chi connectivity index (χ2v) is 5.26. The van der Waals surface area contributed by atoms with Gasteiger partial charge in [0.1, 0.15) is 0 Å². The van der Waals surface area contributed by atoms with Crippen molar-refractivity contribution in [2.45, 2.75) is 6.04 Å². The summed E-state index contributed by atoms with van der Waals surface area (Å²) in [6, 6.07) is 15.2. The van der Waals surface area contributed by atoms with Crippen molar-refractivity contribution < 1.29 is 0 Å². The van der Waals surface area contributed by atoms with E-state index in [1.54, 1.807) is 18.3 Å². The number of aromatic nitrogens is 1. The fraction of sp³-hybridized carbons (Fsp3) is 0.0625. The first-order valence-electron chi connectivity index (χ1n) is 6.55. The van der Waals surface area contributed by atoms with E-state index in [1.165, 1.54) is 0 Å². The van der Waals surface area contributed by atoms with Gasteiger partial charge in [-0.05, 0) is 41.5 Å². The van der Waals surface area contributed by atoms with Gasteiger partial charge < -0.3 is 5.73 Å². The van der Waals surface area contributed by atoms with Gasteiger partial charge in [0.25, 0.3) is 0 Å². The minimum atomic E-state index is -0.202. The van der Waals surface area contributed by atoms with Crippen LogP contribution in [0.5, 0.6) is 0 Å². The molecule has 0 saturated heterocycles. The van der Waals surface area contributed by atoms with E-state index in [9.17, 15) is 0 Å². The number of nitrogens with zero attached hydrogens (tertiary/aromatic N) is 1. The third kappa shape index (κ3) is 2.69. The number of hydrazine groups is 1. The Labute approximate surface area is 127 Å². The molecule has 2 aromatic carbocycles. The van der Waals surface area contributed by atoms with Crippen LogP contribution in [0, 0.1) is 0 Å². The Kier molecular flexibility index (Phi) is 3.75. The highest BCUT2D eigenvalue weighted by molar-refractivity contribution is 6.30. The molecule has 3 aromatic rings. The van der Waals surface area contributed by atoms with Crippen molar-refractivity contribution in [1.82, 2.24) is 10.4 Å². The zero-order chi connectivity index (χ0) is 14.8. The first-order valence-corrected chi connectivity index (χ1v) is 6.92. The number of benzene rings is 2. The van der Waals surface area contributed by atoms with Crippen molar-refractivity contribution in [1.29, 1.82) is 0 Å². The molecule has 0 fully saturated rings. The van der Waals surface area contributed by atoms with Gasteiger partial charge >= 0.3 is 0 Å². The lowest BCUT2D eigenvalue weighted by Gasteiger charge is -2.19. The van der Waals surface area contributed by atoms with Gasteiger partial charge in [0.05, 0.1) is 11.6 Å². The zero-order valence-corrected chi connectivity index (χ0v) is 12.0. The van der Waals surface area contributed by atoms with Gasteiger partial charge in [-0.2, -0.15) is 0 Å². The van der Waals surface area contributed by atoms with E-state index in [0.29, 0.717) is 10.7 Å². The zero-order valence-electron chi connectivity index (χ0n) is 11.3. The molecular formula is C16H15ClN4. The van der Waals surface area contributed by atoms with Crippen LogP contribution in [-0.2, 0) is 0 Å². The summed E-state index contributed by atoms with van der Waals surface area (Å²) < 4.78 is 0. The lowest BCUT2D eigenvalue weighted by molar-refractivity contribution is 0.639. The van der Waals surface area contributed by atoms with Crippen LogP contribution in [0.3, 0.4) is 0 Å². The van der Waals surface area contributed by atoms with Crippen LogP contribution in [0.15, 0.2) is 54.7 Å². The average molecular weight is 299 g/mol. The monoisotopic (exact) mass is 298 g/mol. The molecule has 1 aromatic heterocycles. The number of hydrogen-bond donors (Lipinski definition) is 3. The molecule has 0 amide bonds. The fourth-order valence-electron chi connectivity index (χ4n) is 2.45. The van der Waals surface area contributed by atoms with Crippen LogP contribution in [0.2, 0.25) is 5.02 Å². The van der Waals surface area contributed by atoms with Crippen LogP contribution in [-0.4, -0.2) is 4.98 Å². The molecule has 1 unspecified atom stereocenters. The Morgan fingerprint density at radius 2 is 1.95 bits per heavy atom. The number of hydrogen-bond acceptors (Lipinski definition) is 4. The average Bonchev–Trinajstić information content (AvgIpc) is 2.50. The van der Waals surface area contributed by atoms with E-state index in [0.717, 1.165) is 22.0 Å². The molecule has 0 aliphatic heterocycles. The number of pyridine rings is 1. The molecule has 1 atom stereocenters. The number of nitrogen functional groups attached to an aromatic ring is 1. The SMILES string of the molecule is NNC(c1ccc2ncccc2c1)c1ccc(Cl)cc1N. The van der Waals surface area contributed by atoms with Crippen molar-refractivity contribution >= 4 is 28.2 Å². The third-order valence-electron chi connectivity index (χ3n) is 3.49. The largest absolute Gasteiger partial charge is 0.398 e. The predicted molar refractivity (Wildman–Crippen MR) is 86.8 cm³/mol. The van der Waals surface area contributed by atoms with E-state index in [1.807, 2.05) is 30.3 Å². The molecule has 21 heavy (non-hydrogen) atoms. The number of fused-ring (bicyclic) bond motifs is 1. The van der Waals surface area contributed by atoms with E-state index in [-0.39, 0.29) is 6.04 Å². The molecule has 0 aliphatic carbocycles. The molecule has 0 bridgehead atoms. The topological polar surface area (TPSA) is 77.0 Å². The summed E-state index contributed by atoms with van der Waals surface area (Å²) in [5.74, 6) is 5.73. The normalized spacial score (nSPS) is 12.5. The Morgan fingerprint density at radius 3 is 2.71 bits per heavy atom. The Hall–Kier alpha value is -2.14. The maximum atomic E-state index is 6.06. The summed E-state index contributed by atoms with van der Waals surface area (Å²) >= 11 is 5.95. The van der Waals surface area contributed by atoms with Gasteiger partial charge in [-0.3, -0.25) is 10.8 Å². The minimum Gasteiger partial charge on any atom is -0.398 e. The van der Waals surface area contributed by atoms with E-state index >= 15 is 0 Å². The highest BCUT2D eigenvalue weighted by atomic mass is 35.5. The van der Waals surface area contributed by atoms with Crippen molar-refractivity contribution in [3.63, 3.8) is 0 Å². The maximum Gasteiger partial charge on any atom is 0.0730 e. The number of halogens is 1. The van der Waals surface area contributed by atoms with E-state index in [2.05, 4.69) is 16.5 Å². The lowest BCUT2D eigenvalue weighted by Crippen LogP contribution is -2.29. The Morgan fingerprint density at radius 1 is 1.10 bits per heavy atom. The van der Waals surface area contributed by atoms with Gasteiger partial charge in [0.15, 0.2) is 0 Å². The van der Waals surface area contributed by atoms with Crippen LogP contribution in [0.4, 0.5) is 5.69 Å². The minimum absolute atomic E-state index is 0.202. The first-order chi connectivity index (χ1) is 10.2. The number of anilines is 1. The summed E-state index contributed by atoms with van der Waals surface area (Å²) in [4.78, 5) is 4.32. The molecule has 106 valence electrons.